The van der Waals surface area contributed by atoms with Gasteiger partial charge in [0.2, 0.25) is 15.9 Å². The van der Waals surface area contributed by atoms with E-state index in [9.17, 15) is 18.0 Å². The number of ether oxygens (including phenoxy) is 2. The molecule has 0 aliphatic carbocycles. The maximum absolute atomic E-state index is 12.8. The average Bonchev–Trinajstić information content (AvgIpc) is 2.79. The Morgan fingerprint density at radius 2 is 1.55 bits per heavy atom. The summed E-state index contributed by atoms with van der Waals surface area (Å²) in [5.74, 6) is -0.272. The maximum Gasteiger partial charge on any atom is 0.311 e. The number of carbonyl (C=O) groups is 2. The molecule has 0 aromatic heterocycles. The van der Waals surface area contributed by atoms with E-state index in [2.05, 4.69) is 55.1 Å². The molecular weight excluding hydrogens is 504 g/mol. The Labute approximate surface area is 227 Å². The van der Waals surface area contributed by atoms with Crippen LogP contribution in [-0.4, -0.2) is 46.8 Å². The van der Waals surface area contributed by atoms with Crippen LogP contribution in [0, 0.1) is 11.3 Å². The molecular formula is C29H42N2O6S. The van der Waals surface area contributed by atoms with Crippen LogP contribution in [0.5, 0.6) is 5.75 Å². The Bertz CT molecular complexity index is 1210. The third-order valence-electron chi connectivity index (χ3n) is 5.92. The van der Waals surface area contributed by atoms with Gasteiger partial charge in [0, 0.05) is 12.5 Å². The van der Waals surface area contributed by atoms with Crippen LogP contribution in [0.2, 0.25) is 0 Å². The first-order chi connectivity index (χ1) is 17.5. The van der Waals surface area contributed by atoms with E-state index in [-0.39, 0.29) is 36.2 Å². The number of sulfonamides is 1. The van der Waals surface area contributed by atoms with Crippen LogP contribution < -0.4 is 14.8 Å². The molecule has 8 nitrogen and oxygen atoms in total. The molecule has 2 aromatic rings. The number of anilines is 1. The molecule has 1 amide bonds. The average molecular weight is 547 g/mol. The van der Waals surface area contributed by atoms with Gasteiger partial charge in [-0.15, -0.1) is 0 Å². The van der Waals surface area contributed by atoms with Crippen molar-refractivity contribution < 1.29 is 27.5 Å². The van der Waals surface area contributed by atoms with E-state index >= 15 is 0 Å². The van der Waals surface area contributed by atoms with Gasteiger partial charge >= 0.3 is 5.97 Å². The third kappa shape index (κ3) is 10.4. The van der Waals surface area contributed by atoms with E-state index in [1.165, 1.54) is 12.7 Å². The van der Waals surface area contributed by atoms with Gasteiger partial charge in [-0.2, -0.15) is 0 Å². The number of hydrogen-bond acceptors (Lipinski definition) is 6. The molecule has 1 atom stereocenters. The number of amides is 1. The highest BCUT2D eigenvalue weighted by atomic mass is 32.2. The summed E-state index contributed by atoms with van der Waals surface area (Å²) in [6.07, 6.45) is 1.79. The van der Waals surface area contributed by atoms with E-state index in [0.29, 0.717) is 30.0 Å². The molecule has 0 fully saturated rings. The molecule has 0 heterocycles. The monoisotopic (exact) mass is 546 g/mol. The van der Waals surface area contributed by atoms with Crippen molar-refractivity contribution >= 4 is 27.6 Å². The first kappa shape index (κ1) is 31.1. The molecule has 1 unspecified atom stereocenters. The summed E-state index contributed by atoms with van der Waals surface area (Å²) in [6.45, 7) is 12.4. The van der Waals surface area contributed by atoms with E-state index in [4.69, 9.17) is 9.47 Å². The summed E-state index contributed by atoms with van der Waals surface area (Å²) in [4.78, 5) is 25.1. The minimum absolute atomic E-state index is 0.0515. The van der Waals surface area contributed by atoms with Crippen LogP contribution in [0.1, 0.15) is 58.2 Å². The first-order valence-electron chi connectivity index (χ1n) is 12.7. The van der Waals surface area contributed by atoms with Crippen molar-refractivity contribution in [2.75, 3.05) is 31.2 Å². The topological polar surface area (TPSA) is 111 Å². The number of carbonyl (C=O) groups excluding carboxylic acids is 2. The predicted molar refractivity (Wildman–Crippen MR) is 151 cm³/mol. The van der Waals surface area contributed by atoms with Gasteiger partial charge in [-0.3, -0.25) is 14.3 Å². The van der Waals surface area contributed by atoms with Crippen molar-refractivity contribution in [3.8, 4) is 5.75 Å². The fraction of sp³-hybridized carbons (Fsp3) is 0.517. The zero-order valence-electron chi connectivity index (χ0n) is 23.8. The molecule has 0 radical (unpaired) electrons. The fourth-order valence-corrected chi connectivity index (χ4v) is 4.28. The zero-order valence-corrected chi connectivity index (χ0v) is 24.6. The van der Waals surface area contributed by atoms with Crippen molar-refractivity contribution in [2.45, 2.75) is 59.8 Å². The summed E-state index contributed by atoms with van der Waals surface area (Å²) >= 11 is 0. The van der Waals surface area contributed by atoms with Crippen molar-refractivity contribution in [3.05, 3.63) is 59.2 Å². The highest BCUT2D eigenvalue weighted by Gasteiger charge is 2.25. The Morgan fingerprint density at radius 3 is 2.08 bits per heavy atom. The molecule has 9 heteroatoms. The van der Waals surface area contributed by atoms with Crippen molar-refractivity contribution in [1.29, 1.82) is 0 Å². The lowest BCUT2D eigenvalue weighted by Crippen LogP contribution is -2.35. The van der Waals surface area contributed by atoms with Gasteiger partial charge in [0.15, 0.2) is 0 Å². The number of nitrogens with one attached hydrogen (secondary N) is 2. The van der Waals surface area contributed by atoms with Crippen LogP contribution in [-0.2, 0) is 42.6 Å². The van der Waals surface area contributed by atoms with Gasteiger partial charge in [-0.25, -0.2) is 8.42 Å². The number of methoxy groups -OCH3 is 1. The molecule has 210 valence electrons. The Morgan fingerprint density at radius 1 is 0.947 bits per heavy atom. The lowest BCUT2D eigenvalue weighted by atomic mass is 9.86. The Hall–Kier alpha value is -3.07. The summed E-state index contributed by atoms with van der Waals surface area (Å²) in [7, 11) is -2.03. The highest BCUT2D eigenvalue weighted by molar-refractivity contribution is 7.92. The van der Waals surface area contributed by atoms with E-state index in [1.807, 2.05) is 20.8 Å². The molecule has 38 heavy (non-hydrogen) atoms. The van der Waals surface area contributed by atoms with E-state index in [1.54, 1.807) is 18.2 Å². The highest BCUT2D eigenvalue weighted by Crippen LogP contribution is 2.27. The number of rotatable bonds is 11. The Balaban J connectivity index is 2.08. The quantitative estimate of drug-likeness (QED) is 0.403. The van der Waals surface area contributed by atoms with Gasteiger partial charge in [0.1, 0.15) is 5.75 Å². The van der Waals surface area contributed by atoms with E-state index in [0.717, 1.165) is 11.8 Å². The second kappa shape index (κ2) is 12.7. The second-order valence-corrected chi connectivity index (χ2v) is 13.5. The lowest BCUT2D eigenvalue weighted by molar-refractivity contribution is -0.154. The third-order valence-corrected chi connectivity index (χ3v) is 6.51. The van der Waals surface area contributed by atoms with Crippen molar-refractivity contribution in [1.82, 2.24) is 5.32 Å². The molecule has 2 aromatic carbocycles. The number of hydrogen-bond donors (Lipinski definition) is 2. The SMILES string of the molecule is COc1cc(CC(=O)NCC(COC(=O)C(C)(C)C)Cc2ccc(C(C)(C)C)cc2)ccc1NS(C)(=O)=O. The van der Waals surface area contributed by atoms with Crippen LogP contribution >= 0.6 is 0 Å². The van der Waals surface area contributed by atoms with Crippen LogP contribution in [0.15, 0.2) is 42.5 Å². The van der Waals surface area contributed by atoms with Gasteiger partial charge < -0.3 is 14.8 Å². The minimum Gasteiger partial charge on any atom is -0.495 e. The Kier molecular flexibility index (Phi) is 10.4. The molecule has 0 saturated heterocycles. The molecule has 0 saturated carbocycles. The first-order valence-corrected chi connectivity index (χ1v) is 14.5. The number of benzene rings is 2. The molecule has 2 rings (SSSR count). The predicted octanol–water partition coefficient (Wildman–Crippen LogP) is 4.47. The van der Waals surface area contributed by atoms with Crippen LogP contribution in [0.4, 0.5) is 5.69 Å². The van der Waals surface area contributed by atoms with Gasteiger partial charge in [0.05, 0.1) is 37.5 Å². The molecule has 0 aliphatic heterocycles. The summed E-state index contributed by atoms with van der Waals surface area (Å²) in [5.41, 5.74) is 2.75. The second-order valence-electron chi connectivity index (χ2n) is 11.8. The zero-order chi connectivity index (χ0) is 28.7. The van der Waals surface area contributed by atoms with Crippen molar-refractivity contribution in [3.63, 3.8) is 0 Å². The standard InChI is InChI=1S/C29H42N2O6S/c1-28(2,3)23-12-9-20(10-13-23)15-22(19-37-27(33)29(4,5)6)18-30-26(32)17-21-11-14-24(25(16-21)36-7)31-38(8,34)35/h9-14,16,22,31H,15,17-19H2,1-8H3,(H,30,32). The summed E-state index contributed by atoms with van der Waals surface area (Å²) < 4.78 is 36.4. The van der Waals surface area contributed by atoms with Gasteiger partial charge in [0.25, 0.3) is 0 Å². The maximum atomic E-state index is 12.8. The smallest absolute Gasteiger partial charge is 0.311 e. The summed E-state index contributed by atoms with van der Waals surface area (Å²) in [5, 5.41) is 2.96. The van der Waals surface area contributed by atoms with Gasteiger partial charge in [-0.1, -0.05) is 51.1 Å². The molecule has 0 aliphatic rings. The van der Waals surface area contributed by atoms with Gasteiger partial charge in [-0.05, 0) is 61.4 Å². The van der Waals surface area contributed by atoms with Crippen LogP contribution in [0.25, 0.3) is 0 Å². The molecule has 2 N–H and O–H groups in total. The normalized spacial score (nSPS) is 12.9. The largest absolute Gasteiger partial charge is 0.495 e. The van der Waals surface area contributed by atoms with Crippen molar-refractivity contribution in [2.24, 2.45) is 11.3 Å². The molecule has 0 bridgehead atoms. The molecule has 0 spiro atoms. The summed E-state index contributed by atoms with van der Waals surface area (Å²) in [6, 6.07) is 13.3. The minimum atomic E-state index is -3.47. The fourth-order valence-electron chi connectivity index (χ4n) is 3.71. The van der Waals surface area contributed by atoms with E-state index < -0.39 is 15.4 Å². The number of esters is 1. The lowest BCUT2D eigenvalue weighted by Gasteiger charge is -2.23. The van der Waals surface area contributed by atoms with Crippen LogP contribution in [0.3, 0.4) is 0 Å².